The lowest BCUT2D eigenvalue weighted by Gasteiger charge is -2.09. The van der Waals surface area contributed by atoms with E-state index in [4.69, 9.17) is 0 Å². The van der Waals surface area contributed by atoms with Gasteiger partial charge in [0.15, 0.2) is 0 Å². The number of aromatic nitrogens is 2. The molecule has 0 aliphatic heterocycles. The van der Waals surface area contributed by atoms with Crippen LogP contribution in [-0.2, 0) is 6.18 Å². The molecule has 116 valence electrons. The third-order valence-electron chi connectivity index (χ3n) is 2.75. The lowest BCUT2D eigenvalue weighted by Crippen LogP contribution is -2.28. The first-order chi connectivity index (χ1) is 10.5. The van der Waals surface area contributed by atoms with Crippen LogP contribution in [0.25, 0.3) is 0 Å². The number of anilines is 1. The van der Waals surface area contributed by atoms with Gasteiger partial charge in [0.1, 0.15) is 5.82 Å². The van der Waals surface area contributed by atoms with E-state index < -0.39 is 11.7 Å². The number of nitrogens with one attached hydrogen (secondary N) is 2. The molecule has 0 fully saturated rings. The smallest absolute Gasteiger partial charge is 0.368 e. The number of nitrogens with zero attached hydrogens (tertiary/aromatic N) is 2. The topological polar surface area (TPSA) is 66.9 Å². The Bertz CT molecular complexity index is 614. The van der Waals surface area contributed by atoms with Crippen LogP contribution < -0.4 is 10.6 Å². The maximum Gasteiger partial charge on any atom is 0.417 e. The summed E-state index contributed by atoms with van der Waals surface area (Å²) in [7, 11) is 0. The van der Waals surface area contributed by atoms with E-state index in [0.29, 0.717) is 24.5 Å². The van der Waals surface area contributed by atoms with Crippen molar-refractivity contribution in [3.8, 4) is 0 Å². The van der Waals surface area contributed by atoms with E-state index in [9.17, 15) is 18.0 Å². The molecule has 2 N–H and O–H groups in total. The molecule has 8 heteroatoms. The van der Waals surface area contributed by atoms with Gasteiger partial charge in [-0.2, -0.15) is 13.2 Å². The minimum Gasteiger partial charge on any atom is -0.368 e. The van der Waals surface area contributed by atoms with Crippen LogP contribution in [0.15, 0.2) is 42.9 Å². The van der Waals surface area contributed by atoms with Crippen molar-refractivity contribution in [2.45, 2.75) is 6.18 Å². The predicted molar refractivity (Wildman–Crippen MR) is 74.3 cm³/mol. The first kappa shape index (κ1) is 15.7. The number of rotatable bonds is 5. The highest BCUT2D eigenvalue weighted by molar-refractivity contribution is 5.93. The number of pyridine rings is 2. The predicted octanol–water partition coefficient (Wildman–Crippen LogP) is 2.34. The number of halogens is 3. The van der Waals surface area contributed by atoms with Crippen molar-refractivity contribution >= 4 is 11.7 Å². The molecular weight excluding hydrogens is 297 g/mol. The maximum absolute atomic E-state index is 12.4. The van der Waals surface area contributed by atoms with Gasteiger partial charge in [-0.3, -0.25) is 9.78 Å². The Labute approximate surface area is 124 Å². The number of amides is 1. The Kier molecular flexibility index (Phi) is 4.92. The van der Waals surface area contributed by atoms with Crippen LogP contribution >= 0.6 is 0 Å². The molecule has 22 heavy (non-hydrogen) atoms. The second-order valence-corrected chi connectivity index (χ2v) is 4.35. The van der Waals surface area contributed by atoms with Crippen molar-refractivity contribution in [1.82, 2.24) is 15.3 Å². The van der Waals surface area contributed by atoms with E-state index in [1.165, 1.54) is 18.5 Å². The van der Waals surface area contributed by atoms with Gasteiger partial charge in [-0.1, -0.05) is 0 Å². The van der Waals surface area contributed by atoms with Crippen LogP contribution in [0.5, 0.6) is 0 Å². The molecule has 0 saturated heterocycles. The second-order valence-electron chi connectivity index (χ2n) is 4.35. The first-order valence-electron chi connectivity index (χ1n) is 6.42. The van der Waals surface area contributed by atoms with Crippen molar-refractivity contribution in [3.63, 3.8) is 0 Å². The normalized spacial score (nSPS) is 11.0. The summed E-state index contributed by atoms with van der Waals surface area (Å²) in [5, 5.41) is 5.49. The number of carbonyl (C=O) groups excluding carboxylic acids is 1. The zero-order valence-electron chi connectivity index (χ0n) is 11.4. The Morgan fingerprint density at radius 2 is 1.82 bits per heavy atom. The van der Waals surface area contributed by atoms with Gasteiger partial charge in [0.05, 0.1) is 5.56 Å². The highest BCUT2D eigenvalue weighted by Crippen LogP contribution is 2.28. The summed E-state index contributed by atoms with van der Waals surface area (Å²) in [6.45, 7) is 0.652. The van der Waals surface area contributed by atoms with E-state index in [0.717, 1.165) is 12.3 Å². The van der Waals surface area contributed by atoms with E-state index >= 15 is 0 Å². The van der Waals surface area contributed by atoms with Gasteiger partial charge < -0.3 is 10.6 Å². The summed E-state index contributed by atoms with van der Waals surface area (Å²) in [6.07, 6.45) is -0.611. The Hall–Kier alpha value is -2.64. The Morgan fingerprint density at radius 3 is 2.41 bits per heavy atom. The molecule has 0 unspecified atom stereocenters. The van der Waals surface area contributed by atoms with Crippen LogP contribution in [0.4, 0.5) is 19.0 Å². The number of alkyl halides is 3. The average Bonchev–Trinajstić information content (AvgIpc) is 2.52. The van der Waals surface area contributed by atoms with Crippen LogP contribution in [-0.4, -0.2) is 29.0 Å². The molecular formula is C14H13F3N4O. The van der Waals surface area contributed by atoms with Gasteiger partial charge >= 0.3 is 6.18 Å². The summed E-state index contributed by atoms with van der Waals surface area (Å²) in [5.41, 5.74) is -0.313. The van der Waals surface area contributed by atoms with E-state index in [2.05, 4.69) is 20.6 Å². The van der Waals surface area contributed by atoms with Gasteiger partial charge in [0, 0.05) is 37.2 Å². The molecule has 2 aromatic rings. The number of hydrogen-bond donors (Lipinski definition) is 2. The molecule has 0 radical (unpaired) electrons. The van der Waals surface area contributed by atoms with Crippen LogP contribution in [0.2, 0.25) is 0 Å². The minimum absolute atomic E-state index is 0.246. The highest BCUT2D eigenvalue weighted by Gasteiger charge is 2.30. The maximum atomic E-state index is 12.4. The molecule has 2 heterocycles. The summed E-state index contributed by atoms with van der Waals surface area (Å²) < 4.78 is 37.1. The third-order valence-corrected chi connectivity index (χ3v) is 2.75. The van der Waals surface area contributed by atoms with Gasteiger partial charge in [-0.15, -0.1) is 0 Å². The summed E-state index contributed by atoms with van der Waals surface area (Å²) in [5.74, 6) is 0.0655. The molecule has 0 aliphatic carbocycles. The molecule has 5 nitrogen and oxygen atoms in total. The SMILES string of the molecule is O=C(NCCNc1ccc(C(F)(F)F)cn1)c1ccncc1. The second kappa shape index (κ2) is 6.88. The van der Waals surface area contributed by atoms with Gasteiger partial charge in [-0.05, 0) is 24.3 Å². The van der Waals surface area contributed by atoms with Gasteiger partial charge in [0.25, 0.3) is 5.91 Å². The van der Waals surface area contributed by atoms with Crippen LogP contribution in [0, 0.1) is 0 Å². The molecule has 0 aliphatic rings. The fourth-order valence-electron chi connectivity index (χ4n) is 1.64. The van der Waals surface area contributed by atoms with Crippen LogP contribution in [0.3, 0.4) is 0 Å². The Balaban J connectivity index is 1.76. The lowest BCUT2D eigenvalue weighted by molar-refractivity contribution is -0.137. The molecule has 0 bridgehead atoms. The van der Waals surface area contributed by atoms with Crippen molar-refractivity contribution in [2.75, 3.05) is 18.4 Å². The summed E-state index contributed by atoms with van der Waals surface area (Å²) in [6, 6.07) is 5.36. The van der Waals surface area contributed by atoms with Crippen molar-refractivity contribution in [2.24, 2.45) is 0 Å². The minimum atomic E-state index is -4.40. The largest absolute Gasteiger partial charge is 0.417 e. The zero-order chi connectivity index (χ0) is 16.0. The van der Waals surface area contributed by atoms with Gasteiger partial charge in [0.2, 0.25) is 0 Å². The summed E-state index contributed by atoms with van der Waals surface area (Å²) in [4.78, 5) is 19.2. The molecule has 0 atom stereocenters. The average molecular weight is 310 g/mol. The van der Waals surface area contributed by atoms with E-state index in [1.54, 1.807) is 12.1 Å². The van der Waals surface area contributed by atoms with Crippen molar-refractivity contribution in [1.29, 1.82) is 0 Å². The monoisotopic (exact) mass is 310 g/mol. The third kappa shape index (κ3) is 4.44. The quantitative estimate of drug-likeness (QED) is 0.832. The van der Waals surface area contributed by atoms with E-state index in [-0.39, 0.29) is 5.91 Å². The van der Waals surface area contributed by atoms with E-state index in [1.807, 2.05) is 0 Å². The fraction of sp³-hybridized carbons (Fsp3) is 0.214. The van der Waals surface area contributed by atoms with Crippen molar-refractivity contribution < 1.29 is 18.0 Å². The first-order valence-corrected chi connectivity index (χ1v) is 6.42. The van der Waals surface area contributed by atoms with Gasteiger partial charge in [-0.25, -0.2) is 4.98 Å². The molecule has 0 spiro atoms. The highest BCUT2D eigenvalue weighted by atomic mass is 19.4. The number of carbonyl (C=O) groups is 1. The molecule has 0 saturated carbocycles. The molecule has 2 rings (SSSR count). The van der Waals surface area contributed by atoms with Crippen molar-refractivity contribution in [3.05, 3.63) is 54.0 Å². The Morgan fingerprint density at radius 1 is 1.09 bits per heavy atom. The zero-order valence-corrected chi connectivity index (χ0v) is 11.4. The molecule has 1 amide bonds. The lowest BCUT2D eigenvalue weighted by atomic mass is 10.2. The number of hydrogen-bond acceptors (Lipinski definition) is 4. The standard InChI is InChI=1S/C14H13F3N4O/c15-14(16,17)11-1-2-12(21-9-11)19-7-8-20-13(22)10-3-5-18-6-4-10/h1-6,9H,7-8H2,(H,19,21)(H,20,22). The summed E-state index contributed by atoms with van der Waals surface area (Å²) >= 11 is 0. The molecule has 2 aromatic heterocycles. The molecule has 0 aromatic carbocycles. The van der Waals surface area contributed by atoms with Crippen LogP contribution in [0.1, 0.15) is 15.9 Å². The fourth-order valence-corrected chi connectivity index (χ4v) is 1.64.